The van der Waals surface area contributed by atoms with Crippen molar-refractivity contribution in [2.24, 2.45) is 0 Å². The SMILES string of the molecule is [2H]c1c([2H])c([2H])c(-c2ccc3c(c2)N(c2cc4c(cc2-c2ccccc2)C(C)(C)CCC4(C)C)c2cc(C)cc4c2B3c2oc3cc5c(cc3c2N4c2ccc3c(c2)C(C)(C)CCC3(C)C)C(C)(C)CCC5(C)C)c([2H])c1[2H]. The van der Waals surface area contributed by atoms with Gasteiger partial charge in [0.25, 0.3) is 6.71 Å². The molecule has 3 nitrogen and oxygen atoms in total. The van der Waals surface area contributed by atoms with Crippen molar-refractivity contribution in [3.05, 3.63) is 172 Å². The molecule has 8 aromatic rings. The summed E-state index contributed by atoms with van der Waals surface area (Å²) in [6.45, 7) is 30.6. The van der Waals surface area contributed by atoms with E-state index in [1.54, 1.807) is 0 Å². The van der Waals surface area contributed by atoms with Crippen LogP contribution >= 0.6 is 0 Å². The molecule has 0 radical (unpaired) electrons. The van der Waals surface area contributed by atoms with E-state index in [0.29, 0.717) is 5.56 Å². The molecule has 5 aliphatic rings. The summed E-state index contributed by atoms with van der Waals surface area (Å²) in [6.07, 6.45) is 6.54. The maximum absolute atomic E-state index is 9.30. The molecule has 0 atom stereocenters. The second kappa shape index (κ2) is 15.4. The van der Waals surface area contributed by atoms with Crippen LogP contribution in [0.1, 0.15) is 167 Å². The van der Waals surface area contributed by atoms with Gasteiger partial charge < -0.3 is 14.2 Å². The van der Waals surface area contributed by atoms with E-state index in [1.807, 2.05) is 6.07 Å². The Balaban J connectivity index is 1.18. The highest BCUT2D eigenvalue weighted by Crippen LogP contribution is 2.56. The van der Waals surface area contributed by atoms with Gasteiger partial charge in [0, 0.05) is 33.7 Å². The van der Waals surface area contributed by atoms with Crippen LogP contribution in [-0.2, 0) is 32.5 Å². The van der Waals surface area contributed by atoms with Crippen molar-refractivity contribution in [2.75, 3.05) is 9.80 Å². The molecule has 13 rings (SSSR count). The number of nitrogens with zero attached hydrogens (tertiary/aromatic N) is 2. The molecule has 0 saturated carbocycles. The lowest BCUT2D eigenvalue weighted by Crippen LogP contribution is -2.61. The third kappa shape index (κ3) is 6.90. The quantitative estimate of drug-likeness (QED) is 0.164. The zero-order valence-corrected chi connectivity index (χ0v) is 45.4. The van der Waals surface area contributed by atoms with E-state index in [1.165, 1.54) is 33.4 Å². The van der Waals surface area contributed by atoms with Crippen LogP contribution in [0.2, 0.25) is 0 Å². The Morgan fingerprint density at radius 3 is 1.64 bits per heavy atom. The lowest BCUT2D eigenvalue weighted by Gasteiger charge is -2.46. The molecule has 0 amide bonds. The molecule has 0 fully saturated rings. The Labute approximate surface area is 443 Å². The van der Waals surface area contributed by atoms with Gasteiger partial charge in [0.15, 0.2) is 0 Å². The van der Waals surface area contributed by atoms with Gasteiger partial charge >= 0.3 is 0 Å². The van der Waals surface area contributed by atoms with Crippen molar-refractivity contribution in [1.29, 1.82) is 0 Å². The molecule has 1 aromatic heterocycles. The van der Waals surface area contributed by atoms with E-state index >= 15 is 0 Å². The number of aryl methyl sites for hydroxylation is 1. The number of anilines is 6. The van der Waals surface area contributed by atoms with Crippen LogP contribution in [0.25, 0.3) is 33.2 Å². The predicted molar refractivity (Wildman–Crippen MR) is 312 cm³/mol. The van der Waals surface area contributed by atoms with Gasteiger partial charge in [-0.1, -0.05) is 162 Å². The summed E-state index contributed by atoms with van der Waals surface area (Å²) in [6, 6.07) is 37.3. The standard InChI is InChI=1S/C69H73BN2O/c1-42-34-58-61-59(35-42)72(56-40-53-51(66(6,7)30-32-68(53,10)11)38-47(56)44-22-18-15-19-23-44)57-36-45(43-20-16-14-17-21-43)24-27-55(57)70(61)63-62(48-39-52-54(41-60(48)73-63)69(12,13)33-31-67(52,8)9)71(58)46-25-26-49-50(37-46)65(4,5)29-28-64(49,2)3/h14-27,34-41H,28-33H2,1-13H3/i14D,16D,17D,20D,21D. The Morgan fingerprint density at radius 1 is 0.466 bits per heavy atom. The molecule has 0 spiro atoms. The van der Waals surface area contributed by atoms with Crippen molar-refractivity contribution in [2.45, 2.75) is 161 Å². The minimum atomic E-state index is -0.402. The summed E-state index contributed by atoms with van der Waals surface area (Å²) >= 11 is 0. The van der Waals surface area contributed by atoms with Gasteiger partial charge in [0.05, 0.1) is 23.9 Å². The number of furan rings is 1. The first-order chi connectivity index (χ1) is 36.6. The summed E-state index contributed by atoms with van der Waals surface area (Å²) < 4.78 is 52.5. The second-order valence-electron chi connectivity index (χ2n) is 26.6. The van der Waals surface area contributed by atoms with E-state index < -0.39 is 6.04 Å². The smallest absolute Gasteiger partial charge is 0.297 e. The fourth-order valence-corrected chi connectivity index (χ4v) is 14.1. The average molecular weight is 962 g/mol. The molecular formula is C69H73BN2O. The normalized spacial score (nSPS) is 20.8. The summed E-state index contributed by atoms with van der Waals surface area (Å²) in [5.41, 5.74) is 22.2. The van der Waals surface area contributed by atoms with Crippen LogP contribution in [0.5, 0.6) is 0 Å². The Hall–Kier alpha value is -6.26. The van der Waals surface area contributed by atoms with Gasteiger partial charge in [-0.2, -0.15) is 0 Å². The van der Waals surface area contributed by atoms with Crippen LogP contribution < -0.4 is 26.4 Å². The highest BCUT2D eigenvalue weighted by atomic mass is 16.3. The Kier molecular flexibility index (Phi) is 8.68. The first-order valence-corrected chi connectivity index (χ1v) is 27.1. The van der Waals surface area contributed by atoms with Gasteiger partial charge in [0.2, 0.25) is 0 Å². The molecule has 4 heteroatoms. The fourth-order valence-electron chi connectivity index (χ4n) is 14.1. The summed E-state index contributed by atoms with van der Waals surface area (Å²) in [7, 11) is 0. The van der Waals surface area contributed by atoms with E-state index in [-0.39, 0.29) is 68.9 Å². The average Bonchev–Trinajstić information content (AvgIpc) is 3.14. The molecular weight excluding hydrogens is 884 g/mol. The first kappa shape index (κ1) is 41.1. The number of hydrogen-bond donors (Lipinski definition) is 0. The van der Waals surface area contributed by atoms with Crippen LogP contribution in [0.4, 0.5) is 34.1 Å². The molecule has 0 saturated heterocycles. The maximum Gasteiger partial charge on any atom is 0.297 e. The number of fused-ring (bicyclic) bond motifs is 9. The Morgan fingerprint density at radius 2 is 1.01 bits per heavy atom. The number of hydrogen-bond acceptors (Lipinski definition) is 3. The minimum Gasteiger partial charge on any atom is -0.468 e. The zero-order chi connectivity index (χ0) is 55.3. The largest absolute Gasteiger partial charge is 0.468 e. The van der Waals surface area contributed by atoms with Crippen LogP contribution in [-0.4, -0.2) is 6.71 Å². The fraction of sp³-hybridized carbons (Fsp3) is 0.362. The molecule has 3 aliphatic carbocycles. The van der Waals surface area contributed by atoms with Crippen LogP contribution in [0.3, 0.4) is 0 Å². The van der Waals surface area contributed by atoms with E-state index in [0.717, 1.165) is 117 Å². The van der Waals surface area contributed by atoms with Gasteiger partial charge in [-0.05, 0) is 199 Å². The monoisotopic (exact) mass is 962 g/mol. The molecule has 7 aromatic carbocycles. The topological polar surface area (TPSA) is 19.6 Å². The third-order valence-corrected chi connectivity index (χ3v) is 19.0. The third-order valence-electron chi connectivity index (χ3n) is 19.0. The molecule has 2 aliphatic heterocycles. The van der Waals surface area contributed by atoms with Gasteiger partial charge in [0.1, 0.15) is 5.58 Å². The lowest BCUT2D eigenvalue weighted by molar-refractivity contribution is 0.332. The first-order valence-electron chi connectivity index (χ1n) is 29.6. The van der Waals surface area contributed by atoms with Gasteiger partial charge in [-0.3, -0.25) is 0 Å². The van der Waals surface area contributed by atoms with Gasteiger partial charge in [-0.15, -0.1) is 0 Å². The second-order valence-corrected chi connectivity index (χ2v) is 26.6. The highest BCUT2D eigenvalue weighted by Gasteiger charge is 2.49. The molecule has 0 bridgehead atoms. The highest BCUT2D eigenvalue weighted by molar-refractivity contribution is 7.00. The summed E-state index contributed by atoms with van der Waals surface area (Å²) in [4.78, 5) is 5.01. The van der Waals surface area contributed by atoms with E-state index in [9.17, 15) is 2.74 Å². The van der Waals surface area contributed by atoms with Crippen molar-refractivity contribution in [1.82, 2.24) is 0 Å². The lowest BCUT2D eigenvalue weighted by atomic mass is 9.35. The zero-order valence-electron chi connectivity index (χ0n) is 50.4. The van der Waals surface area contributed by atoms with E-state index in [2.05, 4.69) is 197 Å². The van der Waals surface area contributed by atoms with Crippen molar-refractivity contribution < 1.29 is 11.3 Å². The van der Waals surface area contributed by atoms with Crippen LogP contribution in [0.15, 0.2) is 138 Å². The van der Waals surface area contributed by atoms with Crippen molar-refractivity contribution in [3.8, 4) is 22.3 Å². The van der Waals surface area contributed by atoms with Crippen LogP contribution in [0, 0.1) is 6.92 Å². The Bertz CT molecular complexity index is 3890. The van der Waals surface area contributed by atoms with Gasteiger partial charge in [-0.25, -0.2) is 0 Å². The van der Waals surface area contributed by atoms with Crippen molar-refractivity contribution in [3.63, 3.8) is 0 Å². The molecule has 0 N–H and O–H groups in total. The molecule has 3 heterocycles. The molecule has 0 unspecified atom stereocenters. The number of rotatable bonds is 4. The minimum absolute atomic E-state index is 0.0302. The summed E-state index contributed by atoms with van der Waals surface area (Å²) in [5.74, 6) is 0. The van der Waals surface area contributed by atoms with Crippen molar-refractivity contribution >= 4 is 68.4 Å². The molecule has 73 heavy (non-hydrogen) atoms. The van der Waals surface area contributed by atoms with E-state index in [4.69, 9.17) is 8.53 Å². The maximum atomic E-state index is 9.30. The number of benzene rings is 7. The summed E-state index contributed by atoms with van der Waals surface area (Å²) in [5, 5.41) is 1.10. The molecule has 368 valence electrons. The predicted octanol–water partition coefficient (Wildman–Crippen LogP) is 17.2.